The van der Waals surface area contributed by atoms with Crippen molar-refractivity contribution in [2.75, 3.05) is 17.1 Å². The summed E-state index contributed by atoms with van der Waals surface area (Å²) in [6, 6.07) is 10.8. The first kappa shape index (κ1) is 20.4. The van der Waals surface area contributed by atoms with Gasteiger partial charge in [0, 0.05) is 0 Å². The quantitative estimate of drug-likeness (QED) is 0.711. The lowest BCUT2D eigenvalue weighted by Crippen LogP contribution is -2.45. The Morgan fingerprint density at radius 2 is 1.74 bits per heavy atom. The fourth-order valence-corrected chi connectivity index (χ4v) is 3.33. The molecule has 0 bridgehead atoms. The molecule has 0 aliphatic carbocycles. The first-order chi connectivity index (χ1) is 12.6. The first-order valence-corrected chi connectivity index (χ1v) is 9.98. The molecule has 0 saturated carbocycles. The number of benzene rings is 2. The van der Waals surface area contributed by atoms with Crippen LogP contribution in [0.3, 0.4) is 0 Å². The minimum atomic E-state index is -3.67. The number of nitrogens with one attached hydrogen (secondary N) is 2. The lowest BCUT2D eigenvalue weighted by Gasteiger charge is -2.24. The van der Waals surface area contributed by atoms with Crippen molar-refractivity contribution >= 4 is 27.3 Å². The predicted molar refractivity (Wildman–Crippen MR) is 105 cm³/mol. The smallest absolute Gasteiger partial charge is 0.259 e. The highest BCUT2D eigenvalue weighted by molar-refractivity contribution is 7.92. The van der Waals surface area contributed by atoms with Gasteiger partial charge in [-0.15, -0.1) is 0 Å². The van der Waals surface area contributed by atoms with Crippen LogP contribution in [0.1, 0.15) is 16.7 Å². The highest BCUT2D eigenvalue weighted by atomic mass is 32.2. The van der Waals surface area contributed by atoms with Gasteiger partial charge < -0.3 is 0 Å². The number of hydrogen-bond donors (Lipinski definition) is 2. The van der Waals surface area contributed by atoms with Crippen LogP contribution in [0.2, 0.25) is 0 Å². The van der Waals surface area contributed by atoms with Gasteiger partial charge in [-0.1, -0.05) is 18.7 Å². The number of sulfonamides is 1. The van der Waals surface area contributed by atoms with E-state index in [1.165, 1.54) is 24.3 Å². The Morgan fingerprint density at radius 3 is 2.33 bits per heavy atom. The number of hydrogen-bond acceptors (Lipinski definition) is 4. The number of carbonyl (C=O) groups is 1. The second-order valence-electron chi connectivity index (χ2n) is 6.15. The summed E-state index contributed by atoms with van der Waals surface area (Å²) in [6.45, 7) is 7.03. The van der Waals surface area contributed by atoms with Gasteiger partial charge in [-0.25, -0.2) is 12.8 Å². The number of carbonyl (C=O) groups excluding carboxylic acids is 1. The van der Waals surface area contributed by atoms with Gasteiger partial charge >= 0.3 is 0 Å². The summed E-state index contributed by atoms with van der Waals surface area (Å²) >= 11 is 0. The van der Waals surface area contributed by atoms with E-state index in [0.29, 0.717) is 16.9 Å². The molecule has 0 aliphatic heterocycles. The molecular weight excluding hydrogens is 369 g/mol. The van der Waals surface area contributed by atoms with Crippen molar-refractivity contribution in [3.8, 4) is 0 Å². The Balaban J connectivity index is 2.09. The zero-order valence-corrected chi connectivity index (χ0v) is 16.2. The fourth-order valence-electron chi connectivity index (χ4n) is 2.43. The van der Waals surface area contributed by atoms with E-state index < -0.39 is 22.5 Å². The van der Waals surface area contributed by atoms with Crippen LogP contribution < -0.4 is 15.2 Å². The van der Waals surface area contributed by atoms with Crippen LogP contribution in [0.25, 0.3) is 5.70 Å². The second kappa shape index (κ2) is 8.22. The summed E-state index contributed by atoms with van der Waals surface area (Å²) in [7, 11) is -3.67. The Hall–Kier alpha value is -2.87. The molecule has 2 aromatic rings. The topological polar surface area (TPSA) is 78.5 Å². The number of amides is 1. The minimum Gasteiger partial charge on any atom is -0.299 e. The van der Waals surface area contributed by atoms with Gasteiger partial charge in [-0.2, -0.15) is 0 Å². The van der Waals surface area contributed by atoms with Gasteiger partial charge in [0.15, 0.2) is 0 Å². The summed E-state index contributed by atoms with van der Waals surface area (Å²) in [4.78, 5) is 12.3. The molecule has 0 spiro atoms. The van der Waals surface area contributed by atoms with Crippen LogP contribution in [-0.2, 0) is 14.8 Å². The highest BCUT2D eigenvalue weighted by Gasteiger charge is 2.22. The average molecular weight is 391 g/mol. The van der Waals surface area contributed by atoms with Gasteiger partial charge in [0.25, 0.3) is 5.91 Å². The molecule has 27 heavy (non-hydrogen) atoms. The highest BCUT2D eigenvalue weighted by Crippen LogP contribution is 2.24. The number of halogens is 1. The number of rotatable bonds is 7. The molecule has 0 radical (unpaired) electrons. The monoisotopic (exact) mass is 391 g/mol. The van der Waals surface area contributed by atoms with Crippen molar-refractivity contribution in [3.63, 3.8) is 0 Å². The maximum atomic E-state index is 13.0. The summed E-state index contributed by atoms with van der Waals surface area (Å²) in [5, 5.41) is 0. The molecule has 2 aromatic carbocycles. The molecule has 0 heterocycles. The van der Waals surface area contributed by atoms with Gasteiger partial charge in [-0.05, 0) is 60.9 Å². The summed E-state index contributed by atoms with van der Waals surface area (Å²) in [5.74, 6) is -0.947. The predicted octanol–water partition coefficient (Wildman–Crippen LogP) is 2.50. The third kappa shape index (κ3) is 5.30. The number of anilines is 1. The maximum Gasteiger partial charge on any atom is 0.259 e. The van der Waals surface area contributed by atoms with E-state index in [9.17, 15) is 17.6 Å². The fraction of sp³-hybridized carbons (Fsp3) is 0.211. The van der Waals surface area contributed by atoms with Crippen LogP contribution in [0, 0.1) is 19.7 Å². The van der Waals surface area contributed by atoms with Gasteiger partial charge in [0.2, 0.25) is 10.0 Å². The van der Waals surface area contributed by atoms with Crippen LogP contribution in [-0.4, -0.2) is 27.1 Å². The molecule has 2 rings (SSSR count). The molecule has 0 aromatic heterocycles. The molecule has 0 atom stereocenters. The molecule has 0 fully saturated rings. The van der Waals surface area contributed by atoms with Crippen LogP contribution in [0.15, 0.2) is 49.0 Å². The third-order valence-corrected chi connectivity index (χ3v) is 5.20. The SMILES string of the molecule is C=C(NNC(=O)CN(c1cccc(C)c1C)S(C)(=O)=O)c1ccc(F)cc1. The van der Waals surface area contributed by atoms with Gasteiger partial charge in [-0.3, -0.25) is 20.0 Å². The lowest BCUT2D eigenvalue weighted by molar-refractivity contribution is -0.120. The maximum absolute atomic E-state index is 13.0. The van der Waals surface area contributed by atoms with Crippen molar-refractivity contribution in [1.82, 2.24) is 10.9 Å². The Kier molecular flexibility index (Phi) is 6.22. The van der Waals surface area contributed by atoms with E-state index in [-0.39, 0.29) is 5.82 Å². The normalized spacial score (nSPS) is 11.0. The van der Waals surface area contributed by atoms with E-state index in [2.05, 4.69) is 17.4 Å². The molecular formula is C19H22FN3O3S. The Bertz CT molecular complexity index is 957. The van der Waals surface area contributed by atoms with Crippen LogP contribution in [0.5, 0.6) is 0 Å². The zero-order valence-electron chi connectivity index (χ0n) is 15.4. The van der Waals surface area contributed by atoms with Gasteiger partial charge in [0.05, 0.1) is 17.6 Å². The number of hydrazine groups is 1. The molecule has 6 nitrogen and oxygen atoms in total. The average Bonchev–Trinajstić information content (AvgIpc) is 2.60. The standard InChI is InChI=1S/C19H22FN3O3S/c1-13-6-5-7-18(14(13)2)23(27(4,25)26)12-19(24)22-21-15(3)16-8-10-17(20)11-9-16/h5-11,21H,3,12H2,1-2,4H3,(H,22,24). The third-order valence-electron chi connectivity index (χ3n) is 4.08. The summed E-state index contributed by atoms with van der Waals surface area (Å²) < 4.78 is 38.4. The zero-order chi connectivity index (χ0) is 20.2. The van der Waals surface area contributed by atoms with E-state index in [0.717, 1.165) is 21.7 Å². The van der Waals surface area contributed by atoms with Gasteiger partial charge in [0.1, 0.15) is 12.4 Å². The number of nitrogens with zero attached hydrogens (tertiary/aromatic N) is 1. The molecule has 0 saturated heterocycles. The first-order valence-electron chi connectivity index (χ1n) is 8.13. The van der Waals surface area contributed by atoms with E-state index in [1.807, 2.05) is 13.0 Å². The molecule has 0 unspecified atom stereocenters. The Morgan fingerprint density at radius 1 is 1.11 bits per heavy atom. The van der Waals surface area contributed by atoms with Crippen molar-refractivity contribution < 1.29 is 17.6 Å². The van der Waals surface area contributed by atoms with Crippen LogP contribution in [0.4, 0.5) is 10.1 Å². The Labute approximate surface area is 158 Å². The lowest BCUT2D eigenvalue weighted by atomic mass is 10.1. The minimum absolute atomic E-state index is 0.348. The second-order valence-corrected chi connectivity index (χ2v) is 8.05. The van der Waals surface area contributed by atoms with E-state index in [1.54, 1.807) is 19.1 Å². The molecule has 0 aliphatic rings. The van der Waals surface area contributed by atoms with E-state index >= 15 is 0 Å². The number of aryl methyl sites for hydroxylation is 1. The van der Waals surface area contributed by atoms with Crippen molar-refractivity contribution in [2.45, 2.75) is 13.8 Å². The molecule has 144 valence electrons. The summed E-state index contributed by atoms with van der Waals surface area (Å²) in [6.07, 6.45) is 1.05. The van der Waals surface area contributed by atoms with Crippen molar-refractivity contribution in [1.29, 1.82) is 0 Å². The van der Waals surface area contributed by atoms with Crippen molar-refractivity contribution in [2.24, 2.45) is 0 Å². The largest absolute Gasteiger partial charge is 0.299 e. The molecule has 2 N–H and O–H groups in total. The molecule has 8 heteroatoms. The van der Waals surface area contributed by atoms with Crippen LogP contribution >= 0.6 is 0 Å². The van der Waals surface area contributed by atoms with Crippen molar-refractivity contribution in [3.05, 3.63) is 71.6 Å². The summed E-state index contributed by atoms with van der Waals surface area (Å²) in [5.41, 5.74) is 8.11. The molecule has 1 amide bonds. The van der Waals surface area contributed by atoms with E-state index in [4.69, 9.17) is 0 Å².